The quantitative estimate of drug-likeness (QED) is 0.831. The van der Waals surface area contributed by atoms with Crippen molar-refractivity contribution in [3.8, 4) is 11.5 Å². The molecule has 0 spiro atoms. The smallest absolute Gasteiger partial charge is 0.318 e. The fraction of sp³-hybridized carbons (Fsp3) is 0.389. The monoisotopic (exact) mass is 363 g/mol. The van der Waals surface area contributed by atoms with Crippen molar-refractivity contribution < 1.29 is 14.3 Å². The lowest BCUT2D eigenvalue weighted by Gasteiger charge is -2.37. The minimum Gasteiger partial charge on any atom is -0.497 e. The number of methoxy groups -OCH3 is 2. The van der Waals surface area contributed by atoms with E-state index < -0.39 is 0 Å². The summed E-state index contributed by atoms with van der Waals surface area (Å²) in [6, 6.07) is 9.27. The zero-order chi connectivity index (χ0) is 17.8. The highest BCUT2D eigenvalue weighted by Crippen LogP contribution is 2.39. The van der Waals surface area contributed by atoms with Gasteiger partial charge in [0.1, 0.15) is 17.5 Å². The number of urea groups is 1. The van der Waals surface area contributed by atoms with Crippen LogP contribution in [0.3, 0.4) is 0 Å². The molecule has 2 amide bonds. The summed E-state index contributed by atoms with van der Waals surface area (Å²) in [6.07, 6.45) is 2.03. The molecule has 1 N–H and O–H groups in total. The van der Waals surface area contributed by atoms with Gasteiger partial charge in [0.25, 0.3) is 0 Å². The highest BCUT2D eigenvalue weighted by molar-refractivity contribution is 6.18. The van der Waals surface area contributed by atoms with Crippen LogP contribution in [-0.2, 0) is 6.54 Å². The summed E-state index contributed by atoms with van der Waals surface area (Å²) in [7, 11) is 3.26. The minimum atomic E-state index is -0.260. The van der Waals surface area contributed by atoms with Crippen molar-refractivity contribution in [3.63, 3.8) is 0 Å². The Kier molecular flexibility index (Phi) is 5.38. The lowest BCUT2D eigenvalue weighted by molar-refractivity contribution is 0.168. The summed E-state index contributed by atoms with van der Waals surface area (Å²) in [6.45, 7) is 1.78. The number of nitrogens with zero attached hydrogens (tertiary/aromatic N) is 2. The van der Waals surface area contributed by atoms with E-state index in [9.17, 15) is 4.79 Å². The van der Waals surface area contributed by atoms with Gasteiger partial charge in [0.05, 0.1) is 14.2 Å². The minimum absolute atomic E-state index is 0.136. The third kappa shape index (κ3) is 3.39. The fourth-order valence-electron chi connectivity index (χ4n) is 3.24. The first-order chi connectivity index (χ1) is 12.2. The molecular formula is C18H22ClN3O3. The lowest BCUT2D eigenvalue weighted by Crippen LogP contribution is -2.47. The number of nitrogens with one attached hydrogen (secondary N) is 1. The molecule has 1 atom stereocenters. The molecule has 1 aliphatic rings. The van der Waals surface area contributed by atoms with Gasteiger partial charge in [-0.3, -0.25) is 0 Å². The Morgan fingerprint density at radius 3 is 2.84 bits per heavy atom. The van der Waals surface area contributed by atoms with E-state index >= 15 is 0 Å². The number of amides is 2. The van der Waals surface area contributed by atoms with Crippen LogP contribution in [0.1, 0.15) is 17.3 Å². The van der Waals surface area contributed by atoms with Crippen LogP contribution in [0.15, 0.2) is 36.5 Å². The van der Waals surface area contributed by atoms with Crippen LogP contribution in [0.2, 0.25) is 0 Å². The maximum absolute atomic E-state index is 12.7. The standard InChI is InChI=1S/C18H22ClN3O3/c1-24-13-5-6-16(25-2)14(12-13)17-15-4-3-9-21(15)10-11-22(17)18(23)20-8-7-19/h3-6,9,12,17H,7-8,10-11H2,1-2H3,(H,20,23)/t17-/m0/s1. The van der Waals surface area contributed by atoms with Crippen molar-refractivity contribution in [2.24, 2.45) is 0 Å². The van der Waals surface area contributed by atoms with E-state index in [4.69, 9.17) is 21.1 Å². The van der Waals surface area contributed by atoms with E-state index in [2.05, 4.69) is 9.88 Å². The molecule has 0 saturated carbocycles. The highest BCUT2D eigenvalue weighted by Gasteiger charge is 2.34. The topological polar surface area (TPSA) is 55.7 Å². The van der Waals surface area contributed by atoms with Gasteiger partial charge in [-0.2, -0.15) is 0 Å². The number of carbonyl (C=O) groups excluding carboxylic acids is 1. The van der Waals surface area contributed by atoms with Gasteiger partial charge in [0, 0.05) is 43.0 Å². The predicted molar refractivity (Wildman–Crippen MR) is 96.6 cm³/mol. The molecule has 2 heterocycles. The average molecular weight is 364 g/mol. The number of alkyl halides is 1. The normalized spacial score (nSPS) is 16.3. The summed E-state index contributed by atoms with van der Waals surface area (Å²) in [4.78, 5) is 14.5. The summed E-state index contributed by atoms with van der Waals surface area (Å²) in [5.74, 6) is 1.82. The van der Waals surface area contributed by atoms with Crippen LogP contribution < -0.4 is 14.8 Å². The van der Waals surface area contributed by atoms with Crippen molar-refractivity contribution >= 4 is 17.6 Å². The summed E-state index contributed by atoms with van der Waals surface area (Å²) in [5, 5.41) is 2.86. The number of carbonyl (C=O) groups is 1. The van der Waals surface area contributed by atoms with Crippen LogP contribution in [0, 0.1) is 0 Å². The molecule has 7 heteroatoms. The molecule has 0 bridgehead atoms. The van der Waals surface area contributed by atoms with E-state index in [1.165, 1.54) is 0 Å². The molecule has 1 aromatic heterocycles. The third-order valence-corrected chi connectivity index (χ3v) is 4.59. The molecule has 6 nitrogen and oxygen atoms in total. The lowest BCUT2D eigenvalue weighted by atomic mass is 9.98. The zero-order valence-corrected chi connectivity index (χ0v) is 15.1. The Balaban J connectivity index is 2.06. The Morgan fingerprint density at radius 1 is 1.28 bits per heavy atom. The van der Waals surface area contributed by atoms with Crippen LogP contribution in [0.25, 0.3) is 0 Å². The molecular weight excluding hydrogens is 342 g/mol. The Hall–Kier alpha value is -2.34. The SMILES string of the molecule is COc1ccc(OC)c([C@H]2c3cccn3CCN2C(=O)NCCCl)c1. The van der Waals surface area contributed by atoms with Crippen LogP contribution in [-0.4, -0.2) is 48.7 Å². The number of benzene rings is 1. The van der Waals surface area contributed by atoms with Gasteiger partial charge in [-0.1, -0.05) is 0 Å². The molecule has 134 valence electrons. The molecule has 1 aromatic carbocycles. The van der Waals surface area contributed by atoms with E-state index in [1.54, 1.807) is 14.2 Å². The Bertz CT molecular complexity index is 747. The molecule has 25 heavy (non-hydrogen) atoms. The van der Waals surface area contributed by atoms with Gasteiger partial charge in [0.15, 0.2) is 0 Å². The molecule has 0 aliphatic carbocycles. The molecule has 1 aliphatic heterocycles. The first kappa shape index (κ1) is 17.5. The van der Waals surface area contributed by atoms with Gasteiger partial charge in [-0.05, 0) is 30.3 Å². The first-order valence-corrected chi connectivity index (χ1v) is 8.70. The fourth-order valence-corrected chi connectivity index (χ4v) is 3.33. The van der Waals surface area contributed by atoms with Crippen molar-refractivity contribution in [1.29, 1.82) is 0 Å². The van der Waals surface area contributed by atoms with Crippen molar-refractivity contribution in [2.45, 2.75) is 12.6 Å². The predicted octanol–water partition coefficient (Wildman–Crippen LogP) is 2.86. The molecule has 0 saturated heterocycles. The van der Waals surface area contributed by atoms with Crippen LogP contribution >= 0.6 is 11.6 Å². The second-order valence-corrected chi connectivity index (χ2v) is 6.13. The number of fused-ring (bicyclic) bond motifs is 1. The Morgan fingerprint density at radius 2 is 2.12 bits per heavy atom. The molecule has 2 aromatic rings. The number of hydrogen-bond acceptors (Lipinski definition) is 3. The highest BCUT2D eigenvalue weighted by atomic mass is 35.5. The molecule has 0 unspecified atom stereocenters. The van der Waals surface area contributed by atoms with Crippen LogP contribution in [0.4, 0.5) is 4.79 Å². The van der Waals surface area contributed by atoms with E-state index in [0.29, 0.717) is 19.0 Å². The van der Waals surface area contributed by atoms with E-state index in [-0.39, 0.29) is 12.1 Å². The molecule has 0 fully saturated rings. The molecule has 3 rings (SSSR count). The maximum atomic E-state index is 12.7. The van der Waals surface area contributed by atoms with E-state index in [0.717, 1.165) is 29.3 Å². The second-order valence-electron chi connectivity index (χ2n) is 5.75. The zero-order valence-electron chi connectivity index (χ0n) is 14.4. The van der Waals surface area contributed by atoms with Crippen molar-refractivity contribution in [3.05, 3.63) is 47.8 Å². The number of aromatic nitrogens is 1. The summed E-state index contributed by atoms with van der Waals surface area (Å²) in [5.41, 5.74) is 1.93. The number of ether oxygens (including phenoxy) is 2. The van der Waals surface area contributed by atoms with Gasteiger partial charge < -0.3 is 24.3 Å². The van der Waals surface area contributed by atoms with Gasteiger partial charge in [-0.15, -0.1) is 11.6 Å². The second kappa shape index (κ2) is 7.70. The average Bonchev–Trinajstić information content (AvgIpc) is 3.13. The van der Waals surface area contributed by atoms with Gasteiger partial charge in [-0.25, -0.2) is 4.79 Å². The van der Waals surface area contributed by atoms with Crippen LogP contribution in [0.5, 0.6) is 11.5 Å². The molecule has 0 radical (unpaired) electrons. The Labute approximate surface area is 152 Å². The summed E-state index contributed by atoms with van der Waals surface area (Å²) < 4.78 is 13.1. The third-order valence-electron chi connectivity index (χ3n) is 4.40. The summed E-state index contributed by atoms with van der Waals surface area (Å²) >= 11 is 5.71. The van der Waals surface area contributed by atoms with Crippen molar-refractivity contribution in [2.75, 3.05) is 33.2 Å². The number of hydrogen-bond donors (Lipinski definition) is 1. The maximum Gasteiger partial charge on any atom is 0.318 e. The number of rotatable bonds is 5. The van der Waals surface area contributed by atoms with Gasteiger partial charge >= 0.3 is 6.03 Å². The number of halogens is 1. The van der Waals surface area contributed by atoms with E-state index in [1.807, 2.05) is 41.4 Å². The van der Waals surface area contributed by atoms with Crippen molar-refractivity contribution in [1.82, 2.24) is 14.8 Å². The van der Waals surface area contributed by atoms with Gasteiger partial charge in [0.2, 0.25) is 0 Å². The largest absolute Gasteiger partial charge is 0.497 e. The first-order valence-electron chi connectivity index (χ1n) is 8.17.